The summed E-state index contributed by atoms with van der Waals surface area (Å²) in [5, 5.41) is 0. The largest absolute Gasteiger partial charge is 0.494 e. The molecule has 0 aliphatic rings. The Labute approximate surface area is 142 Å². The summed E-state index contributed by atoms with van der Waals surface area (Å²) in [5.74, 6) is 0.549. The van der Waals surface area contributed by atoms with Crippen LogP contribution in [0.15, 0.2) is 45.3 Å². The Bertz CT molecular complexity index is 616. The first-order valence-corrected chi connectivity index (χ1v) is 8.54. The standard InChI is InChI=1S/C15H12Br3FO/c1-2-20-10-4-5-11(13(17)8-10)15(18)12-7-9(16)3-6-14(12)19/h3-8,15H,2H2,1H3. The summed E-state index contributed by atoms with van der Waals surface area (Å²) in [5.41, 5.74) is 1.54. The highest BCUT2D eigenvalue weighted by molar-refractivity contribution is 9.11. The molecular weight excluding hydrogens is 455 g/mol. The zero-order valence-electron chi connectivity index (χ0n) is 10.7. The van der Waals surface area contributed by atoms with Crippen molar-refractivity contribution < 1.29 is 9.13 Å². The smallest absolute Gasteiger partial charge is 0.127 e. The van der Waals surface area contributed by atoms with Crippen molar-refractivity contribution in [3.63, 3.8) is 0 Å². The van der Waals surface area contributed by atoms with Crippen LogP contribution in [0.4, 0.5) is 4.39 Å². The number of alkyl halides is 1. The molecule has 0 saturated carbocycles. The van der Waals surface area contributed by atoms with Gasteiger partial charge in [0.2, 0.25) is 0 Å². The van der Waals surface area contributed by atoms with Crippen molar-refractivity contribution >= 4 is 47.8 Å². The lowest BCUT2D eigenvalue weighted by molar-refractivity contribution is 0.340. The van der Waals surface area contributed by atoms with E-state index in [2.05, 4.69) is 47.8 Å². The van der Waals surface area contributed by atoms with E-state index >= 15 is 0 Å². The molecule has 0 heterocycles. The van der Waals surface area contributed by atoms with E-state index in [4.69, 9.17) is 4.74 Å². The highest BCUT2D eigenvalue weighted by Gasteiger charge is 2.18. The Balaban J connectivity index is 2.38. The molecule has 0 radical (unpaired) electrons. The van der Waals surface area contributed by atoms with Crippen LogP contribution in [-0.4, -0.2) is 6.61 Å². The van der Waals surface area contributed by atoms with Crippen molar-refractivity contribution in [3.05, 3.63) is 62.3 Å². The van der Waals surface area contributed by atoms with Crippen molar-refractivity contribution in [2.24, 2.45) is 0 Å². The zero-order valence-corrected chi connectivity index (χ0v) is 15.4. The Kier molecular flexibility index (Phi) is 5.64. The van der Waals surface area contributed by atoms with Gasteiger partial charge in [0.1, 0.15) is 11.6 Å². The monoisotopic (exact) mass is 464 g/mol. The molecule has 0 aromatic heterocycles. The van der Waals surface area contributed by atoms with Gasteiger partial charge in [0.05, 0.1) is 11.4 Å². The highest BCUT2D eigenvalue weighted by atomic mass is 79.9. The van der Waals surface area contributed by atoms with Gasteiger partial charge >= 0.3 is 0 Å². The summed E-state index contributed by atoms with van der Waals surface area (Å²) in [4.78, 5) is -0.231. The molecule has 0 fully saturated rings. The lowest BCUT2D eigenvalue weighted by atomic mass is 10.0. The zero-order chi connectivity index (χ0) is 14.7. The molecule has 2 aromatic carbocycles. The molecule has 0 aliphatic carbocycles. The average molecular weight is 467 g/mol. The van der Waals surface area contributed by atoms with Gasteiger partial charge in [-0.15, -0.1) is 0 Å². The molecule has 5 heteroatoms. The van der Waals surface area contributed by atoms with Crippen LogP contribution in [0.25, 0.3) is 0 Å². The van der Waals surface area contributed by atoms with Gasteiger partial charge in [0, 0.05) is 14.5 Å². The van der Waals surface area contributed by atoms with Crippen LogP contribution in [0.5, 0.6) is 5.75 Å². The molecule has 0 saturated heterocycles. The van der Waals surface area contributed by atoms with Crippen LogP contribution in [0.3, 0.4) is 0 Å². The first-order valence-electron chi connectivity index (χ1n) is 6.04. The Morgan fingerprint density at radius 1 is 1.10 bits per heavy atom. The van der Waals surface area contributed by atoms with Crippen LogP contribution in [0.1, 0.15) is 22.9 Å². The van der Waals surface area contributed by atoms with E-state index in [1.807, 2.05) is 25.1 Å². The van der Waals surface area contributed by atoms with E-state index in [1.165, 1.54) is 6.07 Å². The predicted molar refractivity (Wildman–Crippen MR) is 90.2 cm³/mol. The first kappa shape index (κ1) is 16.0. The third-order valence-electron chi connectivity index (χ3n) is 2.79. The maximum atomic E-state index is 13.9. The van der Waals surface area contributed by atoms with Crippen molar-refractivity contribution in [3.8, 4) is 5.75 Å². The topological polar surface area (TPSA) is 9.23 Å². The minimum absolute atomic E-state index is 0.231. The average Bonchev–Trinajstić information content (AvgIpc) is 2.41. The molecule has 0 amide bonds. The van der Waals surface area contributed by atoms with Crippen LogP contribution in [-0.2, 0) is 0 Å². The molecule has 106 valence electrons. The van der Waals surface area contributed by atoms with Crippen LogP contribution in [0, 0.1) is 5.82 Å². The second-order valence-corrected chi connectivity index (χ2v) is 6.83. The number of ether oxygens (including phenoxy) is 1. The lowest BCUT2D eigenvalue weighted by Gasteiger charge is -2.15. The fraction of sp³-hybridized carbons (Fsp3) is 0.200. The molecule has 0 bridgehead atoms. The van der Waals surface area contributed by atoms with E-state index in [0.717, 1.165) is 20.3 Å². The van der Waals surface area contributed by atoms with Crippen molar-refractivity contribution in [2.75, 3.05) is 6.61 Å². The summed E-state index contributed by atoms with van der Waals surface area (Å²) in [6.07, 6.45) is 0. The van der Waals surface area contributed by atoms with Gasteiger partial charge in [0.15, 0.2) is 0 Å². The lowest BCUT2D eigenvalue weighted by Crippen LogP contribution is -1.99. The maximum Gasteiger partial charge on any atom is 0.127 e. The fourth-order valence-corrected chi connectivity index (χ4v) is 3.87. The molecule has 1 atom stereocenters. The van der Waals surface area contributed by atoms with Crippen molar-refractivity contribution in [2.45, 2.75) is 11.8 Å². The predicted octanol–water partition coefficient (Wildman–Crippen LogP) is 6.23. The molecule has 0 N–H and O–H groups in total. The quantitative estimate of drug-likeness (QED) is 0.485. The minimum Gasteiger partial charge on any atom is -0.494 e. The third kappa shape index (κ3) is 3.62. The summed E-state index contributed by atoms with van der Waals surface area (Å²) < 4.78 is 21.1. The summed E-state index contributed by atoms with van der Waals surface area (Å²) in [6.45, 7) is 2.55. The van der Waals surface area contributed by atoms with Crippen molar-refractivity contribution in [1.82, 2.24) is 0 Å². The van der Waals surface area contributed by atoms with Gasteiger partial charge in [-0.25, -0.2) is 4.39 Å². The number of halogens is 4. The van der Waals surface area contributed by atoms with Gasteiger partial charge in [-0.2, -0.15) is 0 Å². The Morgan fingerprint density at radius 3 is 2.50 bits per heavy atom. The SMILES string of the molecule is CCOc1ccc(C(Br)c2cc(Br)ccc2F)c(Br)c1. The molecule has 0 spiro atoms. The van der Waals surface area contributed by atoms with E-state index in [1.54, 1.807) is 12.1 Å². The van der Waals surface area contributed by atoms with Crippen LogP contribution < -0.4 is 4.74 Å². The Morgan fingerprint density at radius 2 is 1.85 bits per heavy atom. The number of hydrogen-bond donors (Lipinski definition) is 0. The van der Waals surface area contributed by atoms with E-state index < -0.39 is 0 Å². The Hall–Kier alpha value is -0.390. The van der Waals surface area contributed by atoms with E-state index in [9.17, 15) is 4.39 Å². The number of hydrogen-bond acceptors (Lipinski definition) is 1. The number of rotatable bonds is 4. The molecular formula is C15H12Br3FO. The number of benzene rings is 2. The van der Waals surface area contributed by atoms with Crippen LogP contribution >= 0.6 is 47.8 Å². The fourth-order valence-electron chi connectivity index (χ4n) is 1.85. The van der Waals surface area contributed by atoms with Gasteiger partial charge in [-0.1, -0.05) is 53.9 Å². The van der Waals surface area contributed by atoms with E-state index in [-0.39, 0.29) is 10.6 Å². The molecule has 1 nitrogen and oxygen atoms in total. The molecule has 1 unspecified atom stereocenters. The third-order valence-corrected chi connectivity index (χ3v) is 4.95. The first-order chi connectivity index (χ1) is 9.52. The summed E-state index contributed by atoms with van der Waals surface area (Å²) >= 11 is 10.4. The minimum atomic E-state index is -0.240. The molecule has 0 aliphatic heterocycles. The van der Waals surface area contributed by atoms with E-state index in [0.29, 0.717) is 12.2 Å². The van der Waals surface area contributed by atoms with Gasteiger partial charge in [0.25, 0.3) is 0 Å². The van der Waals surface area contributed by atoms with Gasteiger partial charge in [-0.05, 0) is 42.8 Å². The normalized spacial score (nSPS) is 12.2. The van der Waals surface area contributed by atoms with Gasteiger partial charge < -0.3 is 4.74 Å². The second-order valence-electron chi connectivity index (χ2n) is 4.14. The van der Waals surface area contributed by atoms with Crippen LogP contribution in [0.2, 0.25) is 0 Å². The molecule has 2 rings (SSSR count). The molecule has 2 aromatic rings. The second kappa shape index (κ2) is 7.05. The summed E-state index contributed by atoms with van der Waals surface area (Å²) in [7, 11) is 0. The maximum absolute atomic E-state index is 13.9. The van der Waals surface area contributed by atoms with Crippen molar-refractivity contribution in [1.29, 1.82) is 0 Å². The highest BCUT2D eigenvalue weighted by Crippen LogP contribution is 2.38. The van der Waals surface area contributed by atoms with Gasteiger partial charge in [-0.3, -0.25) is 0 Å². The molecule has 20 heavy (non-hydrogen) atoms. The summed E-state index contributed by atoms with van der Waals surface area (Å²) in [6, 6.07) is 10.6.